The Bertz CT molecular complexity index is 622. The van der Waals surface area contributed by atoms with E-state index in [2.05, 4.69) is 10.3 Å². The van der Waals surface area contributed by atoms with Gasteiger partial charge >= 0.3 is 0 Å². The van der Waals surface area contributed by atoms with E-state index in [0.29, 0.717) is 0 Å². The van der Waals surface area contributed by atoms with Crippen LogP contribution in [0.1, 0.15) is 22.5 Å². The topological polar surface area (TPSA) is 42.0 Å². The van der Waals surface area contributed by atoms with Crippen LogP contribution in [0.25, 0.3) is 6.08 Å². The third-order valence-corrected chi connectivity index (χ3v) is 3.00. The number of nitrogens with one attached hydrogen (secondary N) is 1. The summed E-state index contributed by atoms with van der Waals surface area (Å²) >= 11 is 0. The third-order valence-electron chi connectivity index (χ3n) is 3.00. The van der Waals surface area contributed by atoms with Crippen LogP contribution in [0.15, 0.2) is 42.5 Å². The number of nitrogens with zero attached hydrogens (tertiary/aromatic N) is 1. The number of aromatic nitrogens is 1. The Balaban J connectivity index is 2.11. The van der Waals surface area contributed by atoms with Crippen molar-refractivity contribution in [1.82, 2.24) is 4.98 Å². The number of hydrogen-bond donors (Lipinski definition) is 1. The molecule has 0 aliphatic heterocycles. The van der Waals surface area contributed by atoms with Crippen molar-refractivity contribution >= 4 is 17.7 Å². The predicted octanol–water partition coefficient (Wildman–Crippen LogP) is 3.66. The van der Waals surface area contributed by atoms with Gasteiger partial charge in [0.05, 0.1) is 11.4 Å². The standard InChI is InChI=1S/C17H18N2O/c1-12-11-13(2)18-14(3)17(12)19-16(20)10-9-15-7-5-4-6-8-15/h4-11H,1-3H3,(H,19,20)/b10-9+. The summed E-state index contributed by atoms with van der Waals surface area (Å²) < 4.78 is 0. The van der Waals surface area contributed by atoms with Gasteiger partial charge in [-0.2, -0.15) is 0 Å². The van der Waals surface area contributed by atoms with E-state index in [1.165, 1.54) is 6.08 Å². The molecule has 20 heavy (non-hydrogen) atoms. The molecule has 102 valence electrons. The van der Waals surface area contributed by atoms with Gasteiger partial charge in [0.25, 0.3) is 0 Å². The summed E-state index contributed by atoms with van der Waals surface area (Å²) in [5, 5.41) is 2.89. The Hall–Kier alpha value is -2.42. The molecule has 0 fully saturated rings. The number of carbonyl (C=O) groups excluding carboxylic acids is 1. The molecule has 0 unspecified atom stereocenters. The Morgan fingerprint density at radius 2 is 1.85 bits per heavy atom. The Labute approximate surface area is 119 Å². The molecule has 0 aliphatic rings. The number of anilines is 1. The van der Waals surface area contributed by atoms with Crippen molar-refractivity contribution in [3.8, 4) is 0 Å². The summed E-state index contributed by atoms with van der Waals surface area (Å²) in [5.74, 6) is -0.147. The molecular weight excluding hydrogens is 248 g/mol. The zero-order chi connectivity index (χ0) is 14.5. The highest BCUT2D eigenvalue weighted by molar-refractivity contribution is 6.02. The first kappa shape index (κ1) is 14.0. The largest absolute Gasteiger partial charge is 0.321 e. The fraction of sp³-hybridized carbons (Fsp3) is 0.176. The molecule has 1 aromatic heterocycles. The molecule has 0 spiro atoms. The molecule has 2 rings (SSSR count). The first-order valence-electron chi connectivity index (χ1n) is 6.55. The second kappa shape index (κ2) is 6.15. The minimum atomic E-state index is -0.147. The fourth-order valence-electron chi connectivity index (χ4n) is 2.11. The Morgan fingerprint density at radius 3 is 2.50 bits per heavy atom. The quantitative estimate of drug-likeness (QED) is 0.861. The number of pyridine rings is 1. The smallest absolute Gasteiger partial charge is 0.248 e. The van der Waals surface area contributed by atoms with Crippen molar-refractivity contribution < 1.29 is 4.79 Å². The lowest BCUT2D eigenvalue weighted by Crippen LogP contribution is -2.11. The summed E-state index contributed by atoms with van der Waals surface area (Å²) in [6.07, 6.45) is 3.33. The number of amides is 1. The van der Waals surface area contributed by atoms with Gasteiger partial charge in [0.15, 0.2) is 0 Å². The average molecular weight is 266 g/mol. The van der Waals surface area contributed by atoms with Gasteiger partial charge in [-0.15, -0.1) is 0 Å². The molecule has 1 aromatic carbocycles. The van der Waals surface area contributed by atoms with Crippen LogP contribution in [-0.2, 0) is 4.79 Å². The maximum atomic E-state index is 11.9. The molecule has 0 aliphatic carbocycles. The maximum Gasteiger partial charge on any atom is 0.248 e. The van der Waals surface area contributed by atoms with Gasteiger partial charge in [-0.25, -0.2) is 0 Å². The van der Waals surface area contributed by atoms with E-state index in [0.717, 1.165) is 28.2 Å². The van der Waals surface area contributed by atoms with Gasteiger partial charge in [-0.05, 0) is 44.0 Å². The molecule has 1 amide bonds. The van der Waals surface area contributed by atoms with Gasteiger partial charge in [0.2, 0.25) is 5.91 Å². The van der Waals surface area contributed by atoms with Crippen molar-refractivity contribution in [3.05, 3.63) is 65.0 Å². The van der Waals surface area contributed by atoms with Crippen LogP contribution in [0.2, 0.25) is 0 Å². The third kappa shape index (κ3) is 3.54. The number of benzene rings is 1. The summed E-state index contributed by atoms with van der Waals surface area (Å²) in [6, 6.07) is 11.7. The molecule has 1 N–H and O–H groups in total. The second-order valence-electron chi connectivity index (χ2n) is 4.77. The summed E-state index contributed by atoms with van der Waals surface area (Å²) in [7, 11) is 0. The van der Waals surface area contributed by atoms with Crippen LogP contribution >= 0.6 is 0 Å². The van der Waals surface area contributed by atoms with Gasteiger partial charge in [0.1, 0.15) is 0 Å². The fourth-order valence-corrected chi connectivity index (χ4v) is 2.11. The highest BCUT2D eigenvalue weighted by Gasteiger charge is 2.07. The van der Waals surface area contributed by atoms with Crippen molar-refractivity contribution in [1.29, 1.82) is 0 Å². The normalized spacial score (nSPS) is 10.8. The highest BCUT2D eigenvalue weighted by atomic mass is 16.1. The molecule has 0 atom stereocenters. The van der Waals surface area contributed by atoms with Gasteiger partial charge in [-0.3, -0.25) is 9.78 Å². The van der Waals surface area contributed by atoms with E-state index < -0.39 is 0 Å². The van der Waals surface area contributed by atoms with Crippen molar-refractivity contribution in [2.24, 2.45) is 0 Å². The zero-order valence-corrected chi connectivity index (χ0v) is 12.0. The molecule has 3 heteroatoms. The van der Waals surface area contributed by atoms with E-state index >= 15 is 0 Å². The summed E-state index contributed by atoms with van der Waals surface area (Å²) in [6.45, 7) is 5.82. The number of aryl methyl sites for hydroxylation is 3. The van der Waals surface area contributed by atoms with Crippen molar-refractivity contribution in [2.45, 2.75) is 20.8 Å². The first-order valence-corrected chi connectivity index (χ1v) is 6.55. The van der Waals surface area contributed by atoms with Crippen LogP contribution in [-0.4, -0.2) is 10.9 Å². The molecule has 1 heterocycles. The van der Waals surface area contributed by atoms with Crippen LogP contribution in [0, 0.1) is 20.8 Å². The van der Waals surface area contributed by atoms with Crippen LogP contribution in [0.3, 0.4) is 0 Å². The molecule has 2 aromatic rings. The van der Waals surface area contributed by atoms with Crippen LogP contribution in [0.4, 0.5) is 5.69 Å². The molecule has 0 bridgehead atoms. The summed E-state index contributed by atoms with van der Waals surface area (Å²) in [5.41, 5.74) is 4.61. The molecule has 0 saturated heterocycles. The Kier molecular flexibility index (Phi) is 4.31. The minimum Gasteiger partial charge on any atom is -0.321 e. The average Bonchev–Trinajstić information content (AvgIpc) is 2.42. The number of hydrogen-bond acceptors (Lipinski definition) is 2. The van der Waals surface area contributed by atoms with Crippen molar-refractivity contribution in [2.75, 3.05) is 5.32 Å². The first-order chi connectivity index (χ1) is 9.56. The molecular formula is C17H18N2O. The van der Waals surface area contributed by atoms with E-state index in [4.69, 9.17) is 0 Å². The Morgan fingerprint density at radius 1 is 1.15 bits per heavy atom. The summed E-state index contributed by atoms with van der Waals surface area (Å²) in [4.78, 5) is 16.3. The number of rotatable bonds is 3. The van der Waals surface area contributed by atoms with Crippen LogP contribution < -0.4 is 5.32 Å². The molecule has 0 radical (unpaired) electrons. The molecule has 3 nitrogen and oxygen atoms in total. The minimum absolute atomic E-state index is 0.147. The van der Waals surface area contributed by atoms with E-state index in [9.17, 15) is 4.79 Å². The van der Waals surface area contributed by atoms with Crippen molar-refractivity contribution in [3.63, 3.8) is 0 Å². The lowest BCUT2D eigenvalue weighted by atomic mass is 10.1. The highest BCUT2D eigenvalue weighted by Crippen LogP contribution is 2.19. The molecule has 0 saturated carbocycles. The van der Waals surface area contributed by atoms with Gasteiger partial charge in [0, 0.05) is 11.8 Å². The monoisotopic (exact) mass is 266 g/mol. The maximum absolute atomic E-state index is 11.9. The predicted molar refractivity (Wildman–Crippen MR) is 82.6 cm³/mol. The van der Waals surface area contributed by atoms with Crippen LogP contribution in [0.5, 0.6) is 0 Å². The SMILES string of the molecule is Cc1cc(C)c(NC(=O)/C=C/c2ccccc2)c(C)n1. The number of carbonyl (C=O) groups is 1. The van der Waals surface area contributed by atoms with E-state index in [1.54, 1.807) is 6.08 Å². The van der Waals surface area contributed by atoms with Gasteiger partial charge in [-0.1, -0.05) is 30.3 Å². The van der Waals surface area contributed by atoms with E-state index in [1.807, 2.05) is 57.2 Å². The lowest BCUT2D eigenvalue weighted by molar-refractivity contribution is -0.111. The van der Waals surface area contributed by atoms with E-state index in [-0.39, 0.29) is 5.91 Å². The second-order valence-corrected chi connectivity index (χ2v) is 4.77. The van der Waals surface area contributed by atoms with Gasteiger partial charge < -0.3 is 5.32 Å². The zero-order valence-electron chi connectivity index (χ0n) is 12.0. The lowest BCUT2D eigenvalue weighted by Gasteiger charge is -2.10.